The van der Waals surface area contributed by atoms with Crippen LogP contribution >= 0.6 is 0 Å². The molecule has 0 saturated heterocycles. The third-order valence-electron chi connectivity index (χ3n) is 4.36. The molecule has 0 spiro atoms. The Kier molecular flexibility index (Phi) is 7.05. The third kappa shape index (κ3) is 5.16. The molecule has 0 aliphatic carbocycles. The molecule has 1 aromatic heterocycles. The molecule has 30 heavy (non-hydrogen) atoms. The quantitative estimate of drug-likeness (QED) is 0.352. The van der Waals surface area contributed by atoms with Gasteiger partial charge in [-0.3, -0.25) is 4.99 Å². The maximum absolute atomic E-state index is 11.9. The Labute approximate surface area is 174 Å². The minimum Gasteiger partial charge on any atom is -0.496 e. The molecule has 156 valence electrons. The minimum atomic E-state index is -0.448. The van der Waals surface area contributed by atoms with Gasteiger partial charge in [-0.1, -0.05) is 24.3 Å². The highest BCUT2D eigenvalue weighted by Gasteiger charge is 2.13. The van der Waals surface area contributed by atoms with Gasteiger partial charge in [-0.15, -0.1) is 0 Å². The first-order chi connectivity index (χ1) is 14.6. The second-order valence-electron chi connectivity index (χ2n) is 6.32. The van der Waals surface area contributed by atoms with Gasteiger partial charge in [-0.2, -0.15) is 0 Å². The summed E-state index contributed by atoms with van der Waals surface area (Å²) in [6, 6.07) is 15.1. The zero-order chi connectivity index (χ0) is 21.3. The van der Waals surface area contributed by atoms with Gasteiger partial charge >= 0.3 is 5.97 Å². The zero-order valence-electron chi connectivity index (χ0n) is 17.1. The molecule has 0 amide bonds. The number of aromatic nitrogens is 1. The number of hydrogen-bond acceptors (Lipinski definition) is 6. The number of hydrogen-bond donors (Lipinski definition) is 2. The van der Waals surface area contributed by atoms with Crippen LogP contribution in [0.2, 0.25) is 0 Å². The van der Waals surface area contributed by atoms with Crippen molar-refractivity contribution in [3.63, 3.8) is 0 Å². The second kappa shape index (κ2) is 10.1. The Balaban J connectivity index is 1.58. The standard InChI is InChI=1S/C22H24N4O4/c1-23-22(24-12-15-9-10-19(28-2)18(11-15)21(27)29-3)25-13-17-14-30-20(26-17)16-7-5-4-6-8-16/h4-11,14H,12-13H2,1-3H3,(H2,23,24,25). The van der Waals surface area contributed by atoms with E-state index >= 15 is 0 Å². The lowest BCUT2D eigenvalue weighted by Crippen LogP contribution is -2.36. The van der Waals surface area contributed by atoms with Gasteiger partial charge in [0.1, 0.15) is 17.6 Å². The largest absolute Gasteiger partial charge is 0.496 e. The van der Waals surface area contributed by atoms with Crippen molar-refractivity contribution in [3.05, 3.63) is 71.6 Å². The van der Waals surface area contributed by atoms with Crippen molar-refractivity contribution in [2.45, 2.75) is 13.1 Å². The van der Waals surface area contributed by atoms with Crippen LogP contribution in [0.3, 0.4) is 0 Å². The fourth-order valence-corrected chi connectivity index (χ4v) is 2.82. The molecular weight excluding hydrogens is 384 g/mol. The molecule has 0 aliphatic rings. The van der Waals surface area contributed by atoms with Crippen LogP contribution in [-0.2, 0) is 17.8 Å². The van der Waals surface area contributed by atoms with E-state index in [2.05, 4.69) is 20.6 Å². The lowest BCUT2D eigenvalue weighted by Gasteiger charge is -2.13. The number of methoxy groups -OCH3 is 2. The van der Waals surface area contributed by atoms with E-state index in [1.54, 1.807) is 25.4 Å². The average Bonchev–Trinajstić information content (AvgIpc) is 3.28. The van der Waals surface area contributed by atoms with Gasteiger partial charge in [0.2, 0.25) is 5.89 Å². The van der Waals surface area contributed by atoms with Crippen molar-refractivity contribution in [2.75, 3.05) is 21.3 Å². The molecular formula is C22H24N4O4. The molecule has 2 aromatic carbocycles. The van der Waals surface area contributed by atoms with Crippen LogP contribution in [0.1, 0.15) is 21.6 Å². The highest BCUT2D eigenvalue weighted by atomic mass is 16.5. The van der Waals surface area contributed by atoms with Crippen molar-refractivity contribution < 1.29 is 18.7 Å². The second-order valence-corrected chi connectivity index (χ2v) is 6.32. The van der Waals surface area contributed by atoms with Crippen molar-refractivity contribution in [1.82, 2.24) is 15.6 Å². The predicted octanol–water partition coefficient (Wildman–Crippen LogP) is 3.00. The van der Waals surface area contributed by atoms with Crippen LogP contribution in [0.25, 0.3) is 11.5 Å². The summed E-state index contributed by atoms with van der Waals surface area (Å²) in [5.41, 5.74) is 2.94. The number of carbonyl (C=O) groups is 1. The molecule has 0 atom stereocenters. The molecule has 0 fully saturated rings. The summed E-state index contributed by atoms with van der Waals surface area (Å²) >= 11 is 0. The van der Waals surface area contributed by atoms with E-state index in [0.29, 0.717) is 36.3 Å². The molecule has 3 rings (SSSR count). The lowest BCUT2D eigenvalue weighted by atomic mass is 10.1. The summed E-state index contributed by atoms with van der Waals surface area (Å²) in [5, 5.41) is 6.40. The Morgan fingerprint density at radius 1 is 1.10 bits per heavy atom. The van der Waals surface area contributed by atoms with E-state index in [1.807, 2.05) is 36.4 Å². The molecule has 8 heteroatoms. The van der Waals surface area contributed by atoms with Gasteiger partial charge in [-0.05, 0) is 29.8 Å². The van der Waals surface area contributed by atoms with Crippen LogP contribution in [0, 0.1) is 0 Å². The van der Waals surface area contributed by atoms with E-state index in [-0.39, 0.29) is 0 Å². The Morgan fingerprint density at radius 3 is 2.57 bits per heavy atom. The summed E-state index contributed by atoms with van der Waals surface area (Å²) in [7, 11) is 4.53. The number of nitrogens with zero attached hydrogens (tertiary/aromatic N) is 2. The summed E-state index contributed by atoms with van der Waals surface area (Å²) in [6.07, 6.45) is 1.62. The van der Waals surface area contributed by atoms with Gasteiger partial charge in [-0.25, -0.2) is 9.78 Å². The SMILES string of the molecule is CN=C(NCc1ccc(OC)c(C(=O)OC)c1)NCc1coc(-c2ccccc2)n1. The Morgan fingerprint density at radius 2 is 1.87 bits per heavy atom. The molecule has 8 nitrogen and oxygen atoms in total. The van der Waals surface area contributed by atoms with E-state index < -0.39 is 5.97 Å². The number of guanidine groups is 1. The number of oxazole rings is 1. The topological polar surface area (TPSA) is 98.0 Å². The zero-order valence-corrected chi connectivity index (χ0v) is 17.1. The van der Waals surface area contributed by atoms with Crippen LogP contribution < -0.4 is 15.4 Å². The minimum absolute atomic E-state index is 0.373. The van der Waals surface area contributed by atoms with Crippen LogP contribution in [-0.4, -0.2) is 38.2 Å². The molecule has 3 aromatic rings. The number of esters is 1. The van der Waals surface area contributed by atoms with Crippen molar-refractivity contribution in [3.8, 4) is 17.2 Å². The molecule has 0 saturated carbocycles. The number of nitrogens with one attached hydrogen (secondary N) is 2. The maximum Gasteiger partial charge on any atom is 0.341 e. The normalized spacial score (nSPS) is 11.1. The smallest absolute Gasteiger partial charge is 0.341 e. The van der Waals surface area contributed by atoms with Gasteiger partial charge in [0.25, 0.3) is 0 Å². The molecule has 0 radical (unpaired) electrons. The summed E-state index contributed by atoms with van der Waals surface area (Å²) in [5.74, 6) is 1.18. The third-order valence-corrected chi connectivity index (χ3v) is 4.36. The average molecular weight is 408 g/mol. The number of carbonyl (C=O) groups excluding carboxylic acids is 1. The first-order valence-corrected chi connectivity index (χ1v) is 9.34. The van der Waals surface area contributed by atoms with Crippen LogP contribution in [0.4, 0.5) is 0 Å². The molecule has 2 N–H and O–H groups in total. The van der Waals surface area contributed by atoms with Gasteiger partial charge in [0.05, 0.1) is 26.5 Å². The Hall–Kier alpha value is -3.81. The van der Waals surface area contributed by atoms with Gasteiger partial charge < -0.3 is 24.5 Å². The van der Waals surface area contributed by atoms with E-state index in [4.69, 9.17) is 13.9 Å². The highest BCUT2D eigenvalue weighted by molar-refractivity contribution is 5.92. The number of ether oxygens (including phenoxy) is 2. The fourth-order valence-electron chi connectivity index (χ4n) is 2.82. The van der Waals surface area contributed by atoms with Crippen molar-refractivity contribution >= 4 is 11.9 Å². The molecule has 0 bridgehead atoms. The Bertz CT molecular complexity index is 1010. The molecule has 1 heterocycles. The summed E-state index contributed by atoms with van der Waals surface area (Å²) in [6.45, 7) is 0.910. The fraction of sp³-hybridized carbons (Fsp3) is 0.227. The van der Waals surface area contributed by atoms with E-state index in [9.17, 15) is 4.79 Å². The first-order valence-electron chi connectivity index (χ1n) is 9.34. The number of benzene rings is 2. The molecule has 0 aliphatic heterocycles. The number of rotatable bonds is 7. The summed E-state index contributed by atoms with van der Waals surface area (Å²) < 4.78 is 15.6. The summed E-state index contributed by atoms with van der Waals surface area (Å²) in [4.78, 5) is 20.6. The maximum atomic E-state index is 11.9. The lowest BCUT2D eigenvalue weighted by molar-refractivity contribution is 0.0597. The van der Waals surface area contributed by atoms with Crippen molar-refractivity contribution in [1.29, 1.82) is 0 Å². The predicted molar refractivity (Wildman–Crippen MR) is 113 cm³/mol. The van der Waals surface area contributed by atoms with E-state index in [1.165, 1.54) is 14.2 Å². The number of aliphatic imine (C=N–C) groups is 1. The highest BCUT2D eigenvalue weighted by Crippen LogP contribution is 2.21. The molecule has 0 unspecified atom stereocenters. The monoisotopic (exact) mass is 408 g/mol. The van der Waals surface area contributed by atoms with Crippen LogP contribution in [0.5, 0.6) is 5.75 Å². The van der Waals surface area contributed by atoms with Gasteiger partial charge in [0, 0.05) is 19.2 Å². The first kappa shape index (κ1) is 20.9. The van der Waals surface area contributed by atoms with Crippen molar-refractivity contribution in [2.24, 2.45) is 4.99 Å². The van der Waals surface area contributed by atoms with Gasteiger partial charge in [0.15, 0.2) is 5.96 Å². The van der Waals surface area contributed by atoms with E-state index in [0.717, 1.165) is 16.8 Å². The van der Waals surface area contributed by atoms with Crippen LogP contribution in [0.15, 0.2) is 64.2 Å².